The van der Waals surface area contributed by atoms with Crippen LogP contribution in [-0.2, 0) is 11.2 Å². The summed E-state index contributed by atoms with van der Waals surface area (Å²) < 4.78 is 0. The summed E-state index contributed by atoms with van der Waals surface area (Å²) in [4.78, 5) is 11.4. The molecule has 1 aromatic carbocycles. The summed E-state index contributed by atoms with van der Waals surface area (Å²) in [7, 11) is 2.08. The minimum Gasteiger partial charge on any atom is -0.353 e. The van der Waals surface area contributed by atoms with Gasteiger partial charge in [0.15, 0.2) is 0 Å². The lowest BCUT2D eigenvalue weighted by Crippen LogP contribution is -2.25. The third kappa shape index (κ3) is 3.42. The van der Waals surface area contributed by atoms with Gasteiger partial charge in [-0.05, 0) is 24.8 Å². The van der Waals surface area contributed by atoms with Gasteiger partial charge >= 0.3 is 0 Å². The van der Waals surface area contributed by atoms with Gasteiger partial charge < -0.3 is 5.32 Å². The molecule has 1 aliphatic rings. The van der Waals surface area contributed by atoms with E-state index in [1.807, 2.05) is 6.07 Å². The predicted octanol–water partition coefficient (Wildman–Crippen LogP) is 0.156. The van der Waals surface area contributed by atoms with Gasteiger partial charge in [-0.1, -0.05) is 29.7 Å². The molecule has 0 atom stereocenters. The van der Waals surface area contributed by atoms with Gasteiger partial charge in [-0.25, -0.2) is 0 Å². The summed E-state index contributed by atoms with van der Waals surface area (Å²) >= 11 is 0. The summed E-state index contributed by atoms with van der Waals surface area (Å²) in [5.74, 6) is 0.194. The first-order valence-electron chi connectivity index (χ1n) is 5.59. The molecule has 0 aromatic heterocycles. The molecule has 0 unspecified atom stereocenters. The van der Waals surface area contributed by atoms with Crippen molar-refractivity contribution < 1.29 is 4.79 Å². The van der Waals surface area contributed by atoms with Gasteiger partial charge in [-0.15, -0.1) is 0 Å². The maximum absolute atomic E-state index is 11.4. The third-order valence-electron chi connectivity index (χ3n) is 2.67. The Balaban J connectivity index is 1.78. The molecule has 1 fully saturated rings. The number of amides is 1. The van der Waals surface area contributed by atoms with Gasteiger partial charge in [0.05, 0.1) is 0 Å². The summed E-state index contributed by atoms with van der Waals surface area (Å²) in [5, 5.41) is 3.00. The molecule has 1 N–H and O–H groups in total. The molecule has 1 aliphatic carbocycles. The topological polar surface area (TPSA) is 29.1 Å². The van der Waals surface area contributed by atoms with Crippen LogP contribution in [0.5, 0.6) is 0 Å². The summed E-state index contributed by atoms with van der Waals surface area (Å²) in [5.41, 5.74) is 2.51. The zero-order valence-electron chi connectivity index (χ0n) is 9.12. The Labute approximate surface area is 91.5 Å². The number of carbonyl (C=O) groups excluding carboxylic acids is 1. The molecule has 0 radical (unpaired) electrons. The summed E-state index contributed by atoms with van der Waals surface area (Å²) in [6.45, 7) is 0. The number of nitrogens with one attached hydrogen (secondary N) is 1. The third-order valence-corrected chi connectivity index (χ3v) is 2.67. The van der Waals surface area contributed by atoms with E-state index in [1.165, 1.54) is 11.0 Å². The maximum atomic E-state index is 11.4. The van der Waals surface area contributed by atoms with Gasteiger partial charge in [-0.3, -0.25) is 4.79 Å². The maximum Gasteiger partial charge on any atom is 0.220 e. The molecule has 1 saturated carbocycles. The molecule has 0 bridgehead atoms. The standard InChI is InChI=1S/C12H16BNO/c13-10-3-1-2-9(8-10)4-7-12(15)14-11-5-6-11/h1-3,8,11H,4-7,13H2,(H,14,15). The van der Waals surface area contributed by atoms with E-state index in [2.05, 4.69) is 31.4 Å². The first-order valence-corrected chi connectivity index (χ1v) is 5.59. The molecule has 78 valence electrons. The van der Waals surface area contributed by atoms with Crippen molar-refractivity contribution in [2.24, 2.45) is 0 Å². The molecule has 2 nitrogen and oxygen atoms in total. The van der Waals surface area contributed by atoms with Gasteiger partial charge in [-0.2, -0.15) is 0 Å². The minimum absolute atomic E-state index is 0.194. The minimum atomic E-state index is 0.194. The van der Waals surface area contributed by atoms with Gasteiger partial charge in [0, 0.05) is 12.5 Å². The Morgan fingerprint density at radius 3 is 2.93 bits per heavy atom. The second kappa shape index (κ2) is 4.52. The van der Waals surface area contributed by atoms with Crippen LogP contribution in [0, 0.1) is 0 Å². The van der Waals surface area contributed by atoms with E-state index in [9.17, 15) is 4.79 Å². The fraction of sp³-hybridized carbons (Fsp3) is 0.417. The van der Waals surface area contributed by atoms with Crippen LogP contribution in [0.3, 0.4) is 0 Å². The largest absolute Gasteiger partial charge is 0.353 e. The van der Waals surface area contributed by atoms with Crippen LogP contribution >= 0.6 is 0 Å². The lowest BCUT2D eigenvalue weighted by atomic mass is 9.93. The van der Waals surface area contributed by atoms with Crippen LogP contribution in [-0.4, -0.2) is 19.8 Å². The number of hydrogen-bond acceptors (Lipinski definition) is 1. The van der Waals surface area contributed by atoms with Gasteiger partial charge in [0.1, 0.15) is 7.85 Å². The average Bonchev–Trinajstić information content (AvgIpc) is 2.99. The van der Waals surface area contributed by atoms with Crippen LogP contribution in [0.25, 0.3) is 0 Å². The van der Waals surface area contributed by atoms with Gasteiger partial charge in [0.25, 0.3) is 0 Å². The highest BCUT2D eigenvalue weighted by Gasteiger charge is 2.22. The fourth-order valence-electron chi connectivity index (χ4n) is 1.65. The normalized spacial score (nSPS) is 14.9. The van der Waals surface area contributed by atoms with Crippen molar-refractivity contribution in [1.29, 1.82) is 0 Å². The Morgan fingerprint density at radius 1 is 1.47 bits per heavy atom. The molecule has 0 aliphatic heterocycles. The lowest BCUT2D eigenvalue weighted by Gasteiger charge is -2.04. The molecular weight excluding hydrogens is 185 g/mol. The second-order valence-electron chi connectivity index (χ2n) is 4.33. The highest BCUT2D eigenvalue weighted by atomic mass is 16.1. The number of rotatable bonds is 4. The van der Waals surface area contributed by atoms with Crippen LogP contribution in [0.4, 0.5) is 0 Å². The highest BCUT2D eigenvalue weighted by molar-refractivity contribution is 6.32. The SMILES string of the molecule is Bc1cccc(CCC(=O)NC2CC2)c1. The molecule has 2 rings (SSSR count). The van der Waals surface area contributed by atoms with E-state index in [1.54, 1.807) is 0 Å². The average molecular weight is 201 g/mol. The van der Waals surface area contributed by atoms with E-state index in [0.29, 0.717) is 12.5 Å². The number of aryl methyl sites for hydroxylation is 1. The first kappa shape index (κ1) is 10.3. The van der Waals surface area contributed by atoms with E-state index in [-0.39, 0.29) is 5.91 Å². The quantitative estimate of drug-likeness (QED) is 0.690. The number of carbonyl (C=O) groups is 1. The zero-order valence-corrected chi connectivity index (χ0v) is 9.12. The van der Waals surface area contributed by atoms with Crippen molar-refractivity contribution in [3.63, 3.8) is 0 Å². The van der Waals surface area contributed by atoms with Crippen LogP contribution in [0.1, 0.15) is 24.8 Å². The van der Waals surface area contributed by atoms with E-state index < -0.39 is 0 Å². The monoisotopic (exact) mass is 201 g/mol. The van der Waals surface area contributed by atoms with Crippen LogP contribution in [0.2, 0.25) is 0 Å². The Bertz CT molecular complexity index is 360. The van der Waals surface area contributed by atoms with Crippen molar-refractivity contribution in [2.45, 2.75) is 31.7 Å². The Hall–Kier alpha value is -1.25. The molecular formula is C12H16BNO. The van der Waals surface area contributed by atoms with E-state index in [0.717, 1.165) is 19.3 Å². The van der Waals surface area contributed by atoms with Gasteiger partial charge in [0.2, 0.25) is 5.91 Å². The van der Waals surface area contributed by atoms with E-state index >= 15 is 0 Å². The van der Waals surface area contributed by atoms with Crippen molar-refractivity contribution in [1.82, 2.24) is 5.32 Å². The molecule has 3 heteroatoms. The zero-order chi connectivity index (χ0) is 10.7. The molecule has 1 aromatic rings. The molecule has 15 heavy (non-hydrogen) atoms. The second-order valence-corrected chi connectivity index (χ2v) is 4.33. The number of benzene rings is 1. The fourth-order valence-corrected chi connectivity index (χ4v) is 1.65. The Morgan fingerprint density at radius 2 is 2.27 bits per heavy atom. The highest BCUT2D eigenvalue weighted by Crippen LogP contribution is 2.18. The lowest BCUT2D eigenvalue weighted by molar-refractivity contribution is -0.121. The smallest absolute Gasteiger partial charge is 0.220 e. The number of hydrogen-bond donors (Lipinski definition) is 1. The predicted molar refractivity (Wildman–Crippen MR) is 64.1 cm³/mol. The van der Waals surface area contributed by atoms with E-state index in [4.69, 9.17) is 0 Å². The van der Waals surface area contributed by atoms with Crippen molar-refractivity contribution in [3.8, 4) is 0 Å². The Kier molecular flexibility index (Phi) is 3.09. The van der Waals surface area contributed by atoms with Crippen molar-refractivity contribution in [2.75, 3.05) is 0 Å². The molecule has 1 amide bonds. The molecule has 0 saturated heterocycles. The van der Waals surface area contributed by atoms with Crippen molar-refractivity contribution >= 4 is 19.2 Å². The first-order chi connectivity index (χ1) is 7.24. The van der Waals surface area contributed by atoms with Crippen molar-refractivity contribution in [3.05, 3.63) is 29.8 Å². The summed E-state index contributed by atoms with van der Waals surface area (Å²) in [6, 6.07) is 8.83. The van der Waals surface area contributed by atoms with Crippen LogP contribution < -0.4 is 10.8 Å². The molecule has 0 heterocycles. The van der Waals surface area contributed by atoms with Crippen LogP contribution in [0.15, 0.2) is 24.3 Å². The summed E-state index contributed by atoms with van der Waals surface area (Å²) in [6.07, 6.45) is 3.78. The molecule has 0 spiro atoms.